The fourth-order valence-corrected chi connectivity index (χ4v) is 7.89. The maximum Gasteiger partial charge on any atom is 0.341 e. The van der Waals surface area contributed by atoms with E-state index in [1.165, 1.54) is 0 Å². The van der Waals surface area contributed by atoms with Crippen LogP contribution in [0.15, 0.2) is 66.7 Å². The van der Waals surface area contributed by atoms with E-state index in [1.807, 2.05) is 0 Å². The highest BCUT2D eigenvalue weighted by Gasteiger charge is 2.49. The first kappa shape index (κ1) is 33.7. The first-order chi connectivity index (χ1) is 21.9. The van der Waals surface area contributed by atoms with E-state index in [-0.39, 0.29) is 23.4 Å². The standard InChI is InChI=1S/C33H35Cl2N3O7S/c1-46(43,44)37-26-11-5-6-12-27(26)38-31(24-15-14-21(34)18-25(24)35)30(22-9-3-4-10-23(22)33(38)42)32(41)36-17-16-20-8-2-7-13-28(20)45-19-29(39)40/h2-4,7-10,13-15,18,26-27,30-31,37H,5-6,11-12,16-17,19H2,1H3,(H,36,41)(H,39,40)/t26-,27-,30+,31-/m0/s1. The maximum absolute atomic E-state index is 14.4. The number of hydrogen-bond donors (Lipinski definition) is 3. The summed E-state index contributed by atoms with van der Waals surface area (Å²) < 4.78 is 33.0. The van der Waals surface area contributed by atoms with Gasteiger partial charge in [0.1, 0.15) is 5.75 Å². The SMILES string of the molecule is CS(=O)(=O)N[C@H]1CCCC[C@@H]1N1C(=O)c2ccccc2[C@@H](C(=O)NCCc2ccccc2OCC(=O)O)[C@@H]1c1ccc(Cl)cc1Cl. The molecule has 2 amide bonds. The summed E-state index contributed by atoms with van der Waals surface area (Å²) in [5.41, 5.74) is 2.13. The highest BCUT2D eigenvalue weighted by Crippen LogP contribution is 2.47. The molecule has 1 aliphatic heterocycles. The van der Waals surface area contributed by atoms with E-state index >= 15 is 0 Å². The molecule has 46 heavy (non-hydrogen) atoms. The number of aliphatic carboxylic acids is 1. The molecule has 2 aliphatic rings. The summed E-state index contributed by atoms with van der Waals surface area (Å²) >= 11 is 13.0. The molecule has 10 nitrogen and oxygen atoms in total. The molecule has 13 heteroatoms. The lowest BCUT2D eigenvalue weighted by Gasteiger charge is -2.49. The topological polar surface area (TPSA) is 142 Å². The Morgan fingerprint density at radius 1 is 1.00 bits per heavy atom. The Hall–Kier alpha value is -3.64. The Balaban J connectivity index is 1.54. The second-order valence-electron chi connectivity index (χ2n) is 11.6. The van der Waals surface area contributed by atoms with Crippen molar-refractivity contribution in [2.75, 3.05) is 19.4 Å². The fourth-order valence-electron chi connectivity index (χ4n) is 6.55. The van der Waals surface area contributed by atoms with Crippen molar-refractivity contribution in [3.63, 3.8) is 0 Å². The Bertz CT molecular complexity index is 1740. The van der Waals surface area contributed by atoms with Gasteiger partial charge in [-0.3, -0.25) is 9.59 Å². The number of hydrogen-bond acceptors (Lipinski definition) is 6. The molecular weight excluding hydrogens is 653 g/mol. The summed E-state index contributed by atoms with van der Waals surface area (Å²) in [6, 6.07) is 16.9. The number of carbonyl (C=O) groups excluding carboxylic acids is 2. The molecule has 0 saturated heterocycles. The molecule has 244 valence electrons. The molecule has 0 aromatic heterocycles. The van der Waals surface area contributed by atoms with Gasteiger partial charge in [0.25, 0.3) is 5.91 Å². The minimum Gasteiger partial charge on any atom is -0.482 e. The van der Waals surface area contributed by atoms with Gasteiger partial charge in [0.2, 0.25) is 15.9 Å². The zero-order chi connectivity index (χ0) is 33.0. The maximum atomic E-state index is 14.4. The van der Waals surface area contributed by atoms with Gasteiger partial charge in [-0.25, -0.2) is 17.9 Å². The molecule has 0 bridgehead atoms. The Labute approximate surface area is 278 Å². The van der Waals surface area contributed by atoms with Gasteiger partial charge >= 0.3 is 5.97 Å². The highest BCUT2D eigenvalue weighted by atomic mass is 35.5. The minimum atomic E-state index is -3.60. The third-order valence-electron chi connectivity index (χ3n) is 8.41. The third-order valence-corrected chi connectivity index (χ3v) is 9.70. The Kier molecular flexibility index (Phi) is 10.6. The smallest absolute Gasteiger partial charge is 0.341 e. The van der Waals surface area contributed by atoms with Crippen molar-refractivity contribution in [3.8, 4) is 5.75 Å². The molecule has 3 N–H and O–H groups in total. The predicted molar refractivity (Wildman–Crippen MR) is 175 cm³/mol. The van der Waals surface area contributed by atoms with Crippen molar-refractivity contribution in [2.45, 2.75) is 56.1 Å². The van der Waals surface area contributed by atoms with Crippen LogP contribution in [-0.4, -0.2) is 67.7 Å². The number of carboxylic acid groups (broad SMARTS) is 1. The van der Waals surface area contributed by atoms with Gasteiger partial charge in [0.05, 0.1) is 18.2 Å². The van der Waals surface area contributed by atoms with Crippen molar-refractivity contribution in [1.29, 1.82) is 0 Å². The normalized spacial score (nSPS) is 21.4. The van der Waals surface area contributed by atoms with Gasteiger partial charge in [0.15, 0.2) is 6.61 Å². The summed E-state index contributed by atoms with van der Waals surface area (Å²) in [5, 5.41) is 12.7. The number of amides is 2. The molecule has 5 rings (SSSR count). The van der Waals surface area contributed by atoms with Crippen LogP contribution in [0.4, 0.5) is 0 Å². The second-order valence-corrected chi connectivity index (χ2v) is 14.2. The summed E-state index contributed by atoms with van der Waals surface area (Å²) in [5.74, 6) is -2.25. The Morgan fingerprint density at radius 3 is 2.46 bits per heavy atom. The molecule has 3 aromatic rings. The lowest BCUT2D eigenvalue weighted by atomic mass is 9.76. The molecule has 4 atom stereocenters. The first-order valence-corrected chi connectivity index (χ1v) is 17.6. The van der Waals surface area contributed by atoms with Crippen LogP contribution >= 0.6 is 23.2 Å². The lowest BCUT2D eigenvalue weighted by molar-refractivity contribution is -0.139. The number of rotatable bonds is 11. The summed E-state index contributed by atoms with van der Waals surface area (Å²) in [7, 11) is -3.60. The zero-order valence-corrected chi connectivity index (χ0v) is 27.4. The van der Waals surface area contributed by atoms with E-state index < -0.39 is 46.6 Å². The van der Waals surface area contributed by atoms with Crippen LogP contribution in [0.5, 0.6) is 5.75 Å². The van der Waals surface area contributed by atoms with Crippen LogP contribution in [0.2, 0.25) is 10.0 Å². The minimum absolute atomic E-state index is 0.196. The van der Waals surface area contributed by atoms with Gasteiger partial charge in [-0.1, -0.05) is 78.5 Å². The number of nitrogens with one attached hydrogen (secondary N) is 2. The molecule has 0 unspecified atom stereocenters. The van der Waals surface area contributed by atoms with Crippen LogP contribution in [-0.2, 0) is 26.0 Å². The summed E-state index contributed by atoms with van der Waals surface area (Å²) in [6.07, 6.45) is 4.08. The zero-order valence-electron chi connectivity index (χ0n) is 25.1. The average Bonchev–Trinajstić information content (AvgIpc) is 3.00. The summed E-state index contributed by atoms with van der Waals surface area (Å²) in [4.78, 5) is 41.4. The number of sulfonamides is 1. The van der Waals surface area contributed by atoms with Gasteiger partial charge in [-0.2, -0.15) is 0 Å². The number of carbonyl (C=O) groups is 3. The van der Waals surface area contributed by atoms with E-state index in [0.717, 1.165) is 24.7 Å². The number of nitrogens with zero attached hydrogens (tertiary/aromatic N) is 1. The largest absolute Gasteiger partial charge is 0.482 e. The highest BCUT2D eigenvalue weighted by molar-refractivity contribution is 7.88. The van der Waals surface area contributed by atoms with Gasteiger partial charge in [-0.15, -0.1) is 0 Å². The van der Waals surface area contributed by atoms with Crippen molar-refractivity contribution < 1.29 is 32.6 Å². The van der Waals surface area contributed by atoms with Gasteiger partial charge in [-0.05, 0) is 60.2 Å². The number of para-hydroxylation sites is 1. The Morgan fingerprint density at radius 2 is 1.72 bits per heavy atom. The molecule has 0 radical (unpaired) electrons. The summed E-state index contributed by atoms with van der Waals surface area (Å²) in [6.45, 7) is -0.298. The molecule has 3 aromatic carbocycles. The van der Waals surface area contributed by atoms with Crippen LogP contribution in [0.1, 0.15) is 64.7 Å². The molecule has 1 aliphatic carbocycles. The molecule has 0 spiro atoms. The van der Waals surface area contributed by atoms with Gasteiger partial charge in [0, 0.05) is 34.2 Å². The number of ether oxygens (including phenoxy) is 1. The van der Waals surface area contributed by atoms with E-state index in [0.29, 0.717) is 46.7 Å². The lowest BCUT2D eigenvalue weighted by Crippen LogP contribution is -2.59. The fraction of sp³-hybridized carbons (Fsp3) is 0.364. The quantitative estimate of drug-likeness (QED) is 0.259. The number of fused-ring (bicyclic) bond motifs is 1. The van der Waals surface area contributed by atoms with E-state index in [1.54, 1.807) is 71.6 Å². The second kappa shape index (κ2) is 14.4. The van der Waals surface area contributed by atoms with E-state index in [2.05, 4.69) is 10.0 Å². The van der Waals surface area contributed by atoms with Crippen LogP contribution in [0.25, 0.3) is 0 Å². The number of halogens is 2. The third kappa shape index (κ3) is 7.66. The average molecular weight is 689 g/mol. The van der Waals surface area contributed by atoms with Gasteiger partial charge < -0.3 is 20.1 Å². The van der Waals surface area contributed by atoms with Crippen LogP contribution in [0, 0.1) is 0 Å². The molecule has 1 heterocycles. The molecule has 1 fully saturated rings. The molecule has 1 saturated carbocycles. The molecular formula is C33H35Cl2N3O7S. The van der Waals surface area contributed by atoms with Crippen molar-refractivity contribution >= 4 is 51.0 Å². The van der Waals surface area contributed by atoms with Crippen molar-refractivity contribution in [3.05, 3.63) is 99.0 Å². The first-order valence-electron chi connectivity index (χ1n) is 15.0. The number of benzene rings is 3. The monoisotopic (exact) mass is 687 g/mol. The predicted octanol–water partition coefficient (Wildman–Crippen LogP) is 4.96. The van der Waals surface area contributed by atoms with Crippen molar-refractivity contribution in [2.24, 2.45) is 0 Å². The number of carboxylic acids is 1. The van der Waals surface area contributed by atoms with Crippen LogP contribution in [0.3, 0.4) is 0 Å². The van der Waals surface area contributed by atoms with E-state index in [9.17, 15) is 22.8 Å². The van der Waals surface area contributed by atoms with E-state index in [4.69, 9.17) is 33.0 Å². The van der Waals surface area contributed by atoms with Crippen molar-refractivity contribution in [1.82, 2.24) is 14.9 Å². The van der Waals surface area contributed by atoms with Crippen LogP contribution < -0.4 is 14.8 Å².